The predicted octanol–water partition coefficient (Wildman–Crippen LogP) is 2.62. The molecule has 3 aromatic rings. The third kappa shape index (κ3) is 4.23. The van der Waals surface area contributed by atoms with Crippen LogP contribution in [0.2, 0.25) is 0 Å². The monoisotopic (exact) mass is 381 g/mol. The van der Waals surface area contributed by atoms with Crippen molar-refractivity contribution in [3.8, 4) is 11.4 Å². The molecule has 0 atom stereocenters. The number of aromatic nitrogens is 3. The van der Waals surface area contributed by atoms with E-state index < -0.39 is 0 Å². The summed E-state index contributed by atoms with van der Waals surface area (Å²) in [7, 11) is 0. The molecule has 0 aliphatic carbocycles. The first-order valence-electron chi connectivity index (χ1n) is 9.19. The SMILES string of the molecule is O=C(c1ccncc1)N1CCCN(Cc2nc(-c3cccc(F)c3)no2)CC1. The van der Waals surface area contributed by atoms with Gasteiger partial charge in [-0.3, -0.25) is 14.7 Å². The van der Waals surface area contributed by atoms with Crippen LogP contribution in [0, 0.1) is 5.82 Å². The average Bonchev–Trinajstić information content (AvgIpc) is 3.06. The van der Waals surface area contributed by atoms with Crippen molar-refractivity contribution in [3.05, 3.63) is 66.1 Å². The summed E-state index contributed by atoms with van der Waals surface area (Å²) in [5, 5.41) is 3.95. The van der Waals surface area contributed by atoms with Crippen LogP contribution in [0.3, 0.4) is 0 Å². The van der Waals surface area contributed by atoms with E-state index in [0.29, 0.717) is 49.0 Å². The van der Waals surface area contributed by atoms with Gasteiger partial charge in [0.15, 0.2) is 0 Å². The quantitative estimate of drug-likeness (QED) is 0.692. The Morgan fingerprint density at radius 1 is 1.11 bits per heavy atom. The molecule has 0 saturated carbocycles. The first-order chi connectivity index (χ1) is 13.7. The van der Waals surface area contributed by atoms with E-state index in [2.05, 4.69) is 20.0 Å². The Kier molecular flexibility index (Phi) is 5.38. The lowest BCUT2D eigenvalue weighted by atomic mass is 10.2. The molecule has 0 spiro atoms. The molecule has 7 nitrogen and oxygen atoms in total. The summed E-state index contributed by atoms with van der Waals surface area (Å²) in [6, 6.07) is 9.58. The Morgan fingerprint density at radius 2 is 1.96 bits per heavy atom. The highest BCUT2D eigenvalue weighted by Gasteiger charge is 2.21. The van der Waals surface area contributed by atoms with E-state index in [-0.39, 0.29) is 11.7 Å². The lowest BCUT2D eigenvalue weighted by molar-refractivity contribution is 0.0760. The predicted molar refractivity (Wildman–Crippen MR) is 99.7 cm³/mol. The number of carbonyl (C=O) groups is 1. The minimum absolute atomic E-state index is 0.0235. The van der Waals surface area contributed by atoms with Crippen LogP contribution in [0.25, 0.3) is 11.4 Å². The molecule has 3 heterocycles. The molecule has 4 rings (SSSR count). The summed E-state index contributed by atoms with van der Waals surface area (Å²) < 4.78 is 18.7. The average molecular weight is 381 g/mol. The number of hydrogen-bond donors (Lipinski definition) is 0. The highest BCUT2D eigenvalue weighted by atomic mass is 19.1. The first kappa shape index (κ1) is 18.2. The normalized spacial score (nSPS) is 15.4. The van der Waals surface area contributed by atoms with Crippen molar-refractivity contribution in [3.63, 3.8) is 0 Å². The lowest BCUT2D eigenvalue weighted by Crippen LogP contribution is -2.35. The molecule has 28 heavy (non-hydrogen) atoms. The van der Waals surface area contributed by atoms with Gasteiger partial charge in [0.1, 0.15) is 5.82 Å². The Labute approximate surface area is 161 Å². The molecule has 0 unspecified atom stereocenters. The van der Waals surface area contributed by atoms with Crippen LogP contribution in [0.4, 0.5) is 4.39 Å². The Morgan fingerprint density at radius 3 is 2.79 bits per heavy atom. The van der Waals surface area contributed by atoms with Gasteiger partial charge < -0.3 is 9.42 Å². The molecule has 1 aromatic carbocycles. The zero-order chi connectivity index (χ0) is 19.3. The van der Waals surface area contributed by atoms with Gasteiger partial charge in [0.05, 0.1) is 6.54 Å². The van der Waals surface area contributed by atoms with E-state index in [1.807, 2.05) is 4.90 Å². The molecule has 2 aromatic heterocycles. The zero-order valence-electron chi connectivity index (χ0n) is 15.3. The van der Waals surface area contributed by atoms with Gasteiger partial charge in [0.25, 0.3) is 5.91 Å². The molecule has 144 valence electrons. The lowest BCUT2D eigenvalue weighted by Gasteiger charge is -2.21. The summed E-state index contributed by atoms with van der Waals surface area (Å²) >= 11 is 0. The van der Waals surface area contributed by atoms with Gasteiger partial charge in [0.2, 0.25) is 11.7 Å². The largest absolute Gasteiger partial charge is 0.338 e. The Bertz CT molecular complexity index is 947. The second kappa shape index (κ2) is 8.26. The molecular formula is C20H20FN5O2. The zero-order valence-corrected chi connectivity index (χ0v) is 15.3. The molecule has 0 bridgehead atoms. The van der Waals surface area contributed by atoms with E-state index in [1.54, 1.807) is 36.7 Å². The minimum Gasteiger partial charge on any atom is -0.338 e. The van der Waals surface area contributed by atoms with Crippen LogP contribution in [0.5, 0.6) is 0 Å². The van der Waals surface area contributed by atoms with Crippen molar-refractivity contribution < 1.29 is 13.7 Å². The topological polar surface area (TPSA) is 75.4 Å². The van der Waals surface area contributed by atoms with Crippen LogP contribution >= 0.6 is 0 Å². The van der Waals surface area contributed by atoms with Crippen LogP contribution in [-0.2, 0) is 6.54 Å². The van der Waals surface area contributed by atoms with Crippen molar-refractivity contribution in [2.45, 2.75) is 13.0 Å². The van der Waals surface area contributed by atoms with Gasteiger partial charge in [-0.05, 0) is 30.7 Å². The number of rotatable bonds is 4. The van der Waals surface area contributed by atoms with E-state index in [0.717, 1.165) is 13.0 Å². The summed E-state index contributed by atoms with van der Waals surface area (Å²) in [5.41, 5.74) is 1.24. The van der Waals surface area contributed by atoms with Crippen molar-refractivity contribution in [1.82, 2.24) is 24.9 Å². The smallest absolute Gasteiger partial charge is 0.254 e. The fourth-order valence-corrected chi connectivity index (χ4v) is 3.26. The molecule has 1 aliphatic rings. The van der Waals surface area contributed by atoms with Gasteiger partial charge >= 0.3 is 0 Å². The van der Waals surface area contributed by atoms with E-state index in [4.69, 9.17) is 4.52 Å². The fourth-order valence-electron chi connectivity index (χ4n) is 3.26. The van der Waals surface area contributed by atoms with Crippen LogP contribution in [0.1, 0.15) is 22.7 Å². The maximum Gasteiger partial charge on any atom is 0.254 e. The van der Waals surface area contributed by atoms with E-state index in [1.165, 1.54) is 12.1 Å². The molecule has 8 heteroatoms. The summed E-state index contributed by atoms with van der Waals surface area (Å²) in [4.78, 5) is 25.0. The van der Waals surface area contributed by atoms with E-state index >= 15 is 0 Å². The number of halogens is 1. The maximum atomic E-state index is 13.4. The summed E-state index contributed by atoms with van der Waals surface area (Å²) in [5.74, 6) is 0.540. The number of carbonyl (C=O) groups excluding carboxylic acids is 1. The third-order valence-electron chi connectivity index (χ3n) is 4.71. The van der Waals surface area contributed by atoms with Crippen LogP contribution in [0.15, 0.2) is 53.3 Å². The van der Waals surface area contributed by atoms with Gasteiger partial charge in [-0.25, -0.2) is 4.39 Å². The molecule has 1 fully saturated rings. The van der Waals surface area contributed by atoms with Crippen molar-refractivity contribution in [2.75, 3.05) is 26.2 Å². The van der Waals surface area contributed by atoms with Crippen molar-refractivity contribution >= 4 is 5.91 Å². The van der Waals surface area contributed by atoms with Crippen molar-refractivity contribution in [1.29, 1.82) is 0 Å². The second-order valence-corrected chi connectivity index (χ2v) is 6.68. The van der Waals surface area contributed by atoms with Crippen LogP contribution in [-0.4, -0.2) is 57.0 Å². The van der Waals surface area contributed by atoms with Gasteiger partial charge in [-0.15, -0.1) is 0 Å². The van der Waals surface area contributed by atoms with E-state index in [9.17, 15) is 9.18 Å². The van der Waals surface area contributed by atoms with Gasteiger partial charge in [-0.1, -0.05) is 17.3 Å². The second-order valence-electron chi connectivity index (χ2n) is 6.68. The first-order valence-corrected chi connectivity index (χ1v) is 9.19. The van der Waals surface area contributed by atoms with Crippen LogP contribution < -0.4 is 0 Å². The Balaban J connectivity index is 1.37. The number of hydrogen-bond acceptors (Lipinski definition) is 6. The highest BCUT2D eigenvalue weighted by Crippen LogP contribution is 2.18. The molecule has 1 amide bonds. The molecule has 0 N–H and O–H groups in total. The summed E-state index contributed by atoms with van der Waals surface area (Å²) in [6.45, 7) is 3.38. The molecular weight excluding hydrogens is 361 g/mol. The molecule has 1 saturated heterocycles. The molecule has 1 aliphatic heterocycles. The number of amides is 1. The number of nitrogens with zero attached hydrogens (tertiary/aromatic N) is 5. The third-order valence-corrected chi connectivity index (χ3v) is 4.71. The number of benzene rings is 1. The highest BCUT2D eigenvalue weighted by molar-refractivity contribution is 5.94. The minimum atomic E-state index is -0.338. The van der Waals surface area contributed by atoms with Gasteiger partial charge in [0, 0.05) is 49.7 Å². The summed E-state index contributed by atoms with van der Waals surface area (Å²) in [6.07, 6.45) is 4.12. The van der Waals surface area contributed by atoms with Crippen molar-refractivity contribution in [2.24, 2.45) is 0 Å². The number of pyridine rings is 1. The fraction of sp³-hybridized carbons (Fsp3) is 0.300. The van der Waals surface area contributed by atoms with Gasteiger partial charge in [-0.2, -0.15) is 4.98 Å². The standard InChI is InChI=1S/C20H20FN5O2/c21-17-4-1-3-16(13-17)19-23-18(28-24-19)14-25-9-2-10-26(12-11-25)20(27)15-5-7-22-8-6-15/h1,3-8,13H,2,9-12,14H2. The maximum absolute atomic E-state index is 13.4. The molecule has 0 radical (unpaired) electrons. The Hall–Kier alpha value is -3.13.